The average Bonchev–Trinajstić information content (AvgIpc) is 3.14. The van der Waals surface area contributed by atoms with Gasteiger partial charge in [0.2, 0.25) is 10.0 Å². The predicted molar refractivity (Wildman–Crippen MR) is 84.1 cm³/mol. The van der Waals surface area contributed by atoms with Crippen molar-refractivity contribution < 1.29 is 8.42 Å². The van der Waals surface area contributed by atoms with Crippen LogP contribution < -0.4 is 4.72 Å². The van der Waals surface area contributed by atoms with Crippen LogP contribution in [0.25, 0.3) is 0 Å². The molecule has 19 heavy (non-hydrogen) atoms. The predicted octanol–water partition coefficient (Wildman–Crippen LogP) is 3.82. The highest BCUT2D eigenvalue weighted by Gasteiger charge is 2.31. The highest BCUT2D eigenvalue weighted by Crippen LogP contribution is 2.35. The van der Waals surface area contributed by atoms with Gasteiger partial charge in [-0.25, -0.2) is 13.1 Å². The fourth-order valence-electron chi connectivity index (χ4n) is 1.73. The molecule has 1 atom stereocenters. The average molecular weight is 432 g/mol. The molecular weight excluding hydrogens is 417 g/mol. The van der Waals surface area contributed by atoms with Gasteiger partial charge in [-0.3, -0.25) is 0 Å². The number of aryl methyl sites for hydroxylation is 1. The van der Waals surface area contributed by atoms with Gasteiger partial charge in [0.05, 0.1) is 4.90 Å². The molecule has 1 aromatic rings. The van der Waals surface area contributed by atoms with Crippen molar-refractivity contribution in [3.05, 3.63) is 26.6 Å². The van der Waals surface area contributed by atoms with Gasteiger partial charge in [0.15, 0.2) is 0 Å². The molecule has 0 heterocycles. The van der Waals surface area contributed by atoms with Crippen molar-refractivity contribution in [2.24, 2.45) is 5.92 Å². The maximum atomic E-state index is 12.2. The number of rotatable bonds is 5. The summed E-state index contributed by atoms with van der Waals surface area (Å²) in [6.07, 6.45) is 2.19. The minimum atomic E-state index is -3.54. The number of hydrogen-bond acceptors (Lipinski definition) is 2. The van der Waals surface area contributed by atoms with Gasteiger partial charge in [0.25, 0.3) is 0 Å². The number of sulfonamides is 1. The lowest BCUT2D eigenvalue weighted by atomic mass is 10.2. The van der Waals surface area contributed by atoms with Crippen LogP contribution in [0.5, 0.6) is 0 Å². The maximum Gasteiger partial charge on any atom is 0.241 e. The van der Waals surface area contributed by atoms with E-state index in [2.05, 4.69) is 36.6 Å². The Morgan fingerprint density at radius 1 is 1.37 bits per heavy atom. The van der Waals surface area contributed by atoms with E-state index in [1.807, 2.05) is 6.92 Å². The first-order chi connectivity index (χ1) is 8.81. The number of nitrogens with one attached hydrogen (secondary N) is 1. The Bertz CT molecular complexity index is 588. The summed E-state index contributed by atoms with van der Waals surface area (Å²) in [5.41, 5.74) is 0.971. The van der Waals surface area contributed by atoms with Gasteiger partial charge in [-0.05, 0) is 59.3 Å². The van der Waals surface area contributed by atoms with E-state index in [1.165, 1.54) is 0 Å². The summed E-state index contributed by atoms with van der Waals surface area (Å²) in [5.74, 6) is 0.456. The fourth-order valence-corrected chi connectivity index (χ4v) is 4.88. The van der Waals surface area contributed by atoms with E-state index >= 15 is 0 Å². The van der Waals surface area contributed by atoms with E-state index in [0.717, 1.165) is 22.9 Å². The van der Waals surface area contributed by atoms with Crippen molar-refractivity contribution in [1.29, 1.82) is 0 Å². The van der Waals surface area contributed by atoms with Gasteiger partial charge in [-0.1, -0.05) is 15.9 Å². The highest BCUT2D eigenvalue weighted by atomic mass is 79.9. The van der Waals surface area contributed by atoms with Crippen LogP contribution in [0, 0.1) is 12.8 Å². The molecule has 0 radical (unpaired) electrons. The van der Waals surface area contributed by atoms with Crippen LogP contribution in [-0.2, 0) is 10.0 Å². The van der Waals surface area contributed by atoms with Crippen LogP contribution >= 0.6 is 43.5 Å². The molecule has 3 nitrogen and oxygen atoms in total. The molecule has 1 unspecified atom stereocenters. The standard InChI is InChI=1S/C12H14Br2ClNO2S/c1-7-4-10(14)12(5-9(7)13)19(17,18)16-6-11(15)8-2-3-8/h4-5,8,11,16H,2-3,6H2,1H3. The molecule has 1 aliphatic rings. The molecule has 106 valence electrons. The first-order valence-corrected chi connectivity index (χ1v) is 9.41. The van der Waals surface area contributed by atoms with Crippen molar-refractivity contribution in [3.8, 4) is 0 Å². The van der Waals surface area contributed by atoms with Crippen LogP contribution in [0.2, 0.25) is 0 Å². The van der Waals surface area contributed by atoms with Crippen LogP contribution in [0.1, 0.15) is 18.4 Å². The lowest BCUT2D eigenvalue weighted by molar-refractivity contribution is 0.575. The van der Waals surface area contributed by atoms with Crippen molar-refractivity contribution >= 4 is 53.5 Å². The van der Waals surface area contributed by atoms with Gasteiger partial charge >= 0.3 is 0 Å². The van der Waals surface area contributed by atoms with Crippen molar-refractivity contribution in [3.63, 3.8) is 0 Å². The molecule has 0 bridgehead atoms. The van der Waals surface area contributed by atoms with E-state index in [1.54, 1.807) is 12.1 Å². The number of benzene rings is 1. The van der Waals surface area contributed by atoms with E-state index in [0.29, 0.717) is 10.4 Å². The van der Waals surface area contributed by atoms with Crippen molar-refractivity contribution in [2.75, 3.05) is 6.54 Å². The minimum absolute atomic E-state index is 0.123. The highest BCUT2D eigenvalue weighted by molar-refractivity contribution is 9.11. The van der Waals surface area contributed by atoms with Crippen LogP contribution in [0.15, 0.2) is 26.0 Å². The molecule has 2 rings (SSSR count). The van der Waals surface area contributed by atoms with Gasteiger partial charge < -0.3 is 0 Å². The summed E-state index contributed by atoms with van der Waals surface area (Å²) in [6, 6.07) is 3.37. The van der Waals surface area contributed by atoms with E-state index in [4.69, 9.17) is 11.6 Å². The van der Waals surface area contributed by atoms with Crippen LogP contribution in [0.4, 0.5) is 0 Å². The van der Waals surface area contributed by atoms with Gasteiger partial charge in [-0.2, -0.15) is 0 Å². The van der Waals surface area contributed by atoms with Gasteiger partial charge in [-0.15, -0.1) is 11.6 Å². The molecule has 0 amide bonds. The molecule has 7 heteroatoms. The summed E-state index contributed by atoms with van der Waals surface area (Å²) >= 11 is 12.8. The zero-order chi connectivity index (χ0) is 14.2. The lowest BCUT2D eigenvalue weighted by Crippen LogP contribution is -2.31. The first kappa shape index (κ1) is 15.8. The Morgan fingerprint density at radius 2 is 2.00 bits per heavy atom. The summed E-state index contributed by atoms with van der Waals surface area (Å²) in [5, 5.41) is -0.123. The summed E-state index contributed by atoms with van der Waals surface area (Å²) in [7, 11) is -3.54. The Balaban J connectivity index is 2.16. The monoisotopic (exact) mass is 429 g/mol. The zero-order valence-electron chi connectivity index (χ0n) is 10.3. The Labute approximate surface area is 135 Å². The SMILES string of the molecule is Cc1cc(Br)c(S(=O)(=O)NCC(Cl)C2CC2)cc1Br. The summed E-state index contributed by atoms with van der Waals surface area (Å²) in [4.78, 5) is 0.227. The Morgan fingerprint density at radius 3 is 2.58 bits per heavy atom. The van der Waals surface area contributed by atoms with Crippen LogP contribution in [0.3, 0.4) is 0 Å². The third-order valence-electron chi connectivity index (χ3n) is 3.10. The van der Waals surface area contributed by atoms with E-state index < -0.39 is 10.0 Å². The number of alkyl halides is 1. The molecule has 1 aliphatic carbocycles. The third-order valence-corrected chi connectivity index (χ3v) is 6.85. The lowest BCUT2D eigenvalue weighted by Gasteiger charge is -2.12. The summed E-state index contributed by atoms with van der Waals surface area (Å²) in [6.45, 7) is 2.17. The third kappa shape index (κ3) is 3.94. The van der Waals surface area contributed by atoms with Crippen LogP contribution in [-0.4, -0.2) is 20.3 Å². The minimum Gasteiger partial charge on any atom is -0.210 e. The Hall–Kier alpha value is 0.380. The van der Waals surface area contributed by atoms with Crippen molar-refractivity contribution in [2.45, 2.75) is 30.0 Å². The molecule has 1 N–H and O–H groups in total. The van der Waals surface area contributed by atoms with Gasteiger partial charge in [0, 0.05) is 20.9 Å². The topological polar surface area (TPSA) is 46.2 Å². The molecule has 1 aromatic carbocycles. The molecule has 0 spiro atoms. The number of halogens is 3. The fraction of sp³-hybridized carbons (Fsp3) is 0.500. The summed E-state index contributed by atoms with van der Waals surface area (Å²) < 4.78 is 28.4. The zero-order valence-corrected chi connectivity index (χ0v) is 15.0. The second kappa shape index (κ2) is 6.02. The van der Waals surface area contributed by atoms with Gasteiger partial charge in [0.1, 0.15) is 0 Å². The quantitative estimate of drug-likeness (QED) is 0.721. The molecule has 1 saturated carbocycles. The Kier molecular flexibility index (Phi) is 4.99. The number of hydrogen-bond donors (Lipinski definition) is 1. The molecular formula is C12H14Br2ClNO2S. The largest absolute Gasteiger partial charge is 0.241 e. The molecule has 0 saturated heterocycles. The normalized spacial score (nSPS) is 17.5. The first-order valence-electron chi connectivity index (χ1n) is 5.90. The van der Waals surface area contributed by atoms with Crippen molar-refractivity contribution in [1.82, 2.24) is 4.72 Å². The smallest absolute Gasteiger partial charge is 0.210 e. The van der Waals surface area contributed by atoms with E-state index in [-0.39, 0.29) is 16.8 Å². The molecule has 0 aromatic heterocycles. The second-order valence-electron chi connectivity index (χ2n) is 4.74. The second-order valence-corrected chi connectivity index (χ2v) is 8.74. The van der Waals surface area contributed by atoms with E-state index in [9.17, 15) is 8.42 Å². The molecule has 0 aliphatic heterocycles. The maximum absolute atomic E-state index is 12.2. The molecule has 1 fully saturated rings.